The zero-order chi connectivity index (χ0) is 17.8. The Hall–Kier alpha value is -2.44. The van der Waals surface area contributed by atoms with Crippen molar-refractivity contribution in [3.8, 4) is 0 Å². The fourth-order valence-electron chi connectivity index (χ4n) is 3.52. The third-order valence-electron chi connectivity index (χ3n) is 4.88. The van der Waals surface area contributed by atoms with Crippen LogP contribution in [-0.2, 0) is 27.2 Å². The number of rotatable bonds is 4. The Morgan fingerprint density at radius 1 is 1.28 bits per heavy atom. The highest BCUT2D eigenvalue weighted by molar-refractivity contribution is 5.97. The van der Waals surface area contributed by atoms with Crippen LogP contribution in [0.3, 0.4) is 0 Å². The molecule has 1 aliphatic carbocycles. The number of carbonyl (C=O) groups excluding carboxylic acids is 3. The summed E-state index contributed by atoms with van der Waals surface area (Å²) in [5.74, 6) is -0.994. The van der Waals surface area contributed by atoms with Gasteiger partial charge in [-0.25, -0.2) is 4.79 Å². The van der Waals surface area contributed by atoms with E-state index in [1.165, 1.54) is 12.0 Å². The van der Waals surface area contributed by atoms with Gasteiger partial charge >= 0.3 is 5.97 Å². The Balaban J connectivity index is 1.58. The highest BCUT2D eigenvalue weighted by atomic mass is 16.5. The number of fused-ring (bicyclic) bond motifs is 1. The topological polar surface area (TPSA) is 88.6 Å². The molecule has 1 N–H and O–H groups in total. The highest BCUT2D eigenvalue weighted by Crippen LogP contribution is 2.20. The molecule has 2 aliphatic rings. The molecule has 0 saturated carbocycles. The molecule has 2 amide bonds. The lowest BCUT2D eigenvalue weighted by Crippen LogP contribution is -2.45. The van der Waals surface area contributed by atoms with Gasteiger partial charge in [-0.05, 0) is 50.2 Å². The van der Waals surface area contributed by atoms with Crippen LogP contribution in [-0.4, -0.2) is 53.9 Å². The fourth-order valence-corrected chi connectivity index (χ4v) is 3.52. The third-order valence-corrected chi connectivity index (χ3v) is 4.88. The molecule has 2 heterocycles. The maximum atomic E-state index is 12.3. The van der Waals surface area contributed by atoms with Gasteiger partial charge in [0, 0.05) is 18.4 Å². The van der Waals surface area contributed by atoms with E-state index in [1.807, 2.05) is 6.07 Å². The molecule has 25 heavy (non-hydrogen) atoms. The number of methoxy groups -OCH3 is 1. The van der Waals surface area contributed by atoms with E-state index >= 15 is 0 Å². The van der Waals surface area contributed by atoms with Crippen LogP contribution < -0.4 is 5.32 Å². The van der Waals surface area contributed by atoms with Gasteiger partial charge in [0.2, 0.25) is 5.91 Å². The number of hydrogen-bond acceptors (Lipinski definition) is 5. The third kappa shape index (κ3) is 3.81. The molecule has 1 fully saturated rings. The highest BCUT2D eigenvalue weighted by Gasteiger charge is 2.34. The first-order chi connectivity index (χ1) is 12.1. The van der Waals surface area contributed by atoms with E-state index in [9.17, 15) is 14.4 Å². The summed E-state index contributed by atoms with van der Waals surface area (Å²) in [6.45, 7) is 0.373. The van der Waals surface area contributed by atoms with Gasteiger partial charge in [0.25, 0.3) is 5.91 Å². The molecule has 7 heteroatoms. The Kier molecular flexibility index (Phi) is 5.31. The first-order valence-corrected chi connectivity index (χ1v) is 8.73. The molecule has 0 bridgehead atoms. The molecule has 1 aliphatic heterocycles. The normalized spacial score (nSPS) is 19.2. The van der Waals surface area contributed by atoms with E-state index < -0.39 is 12.0 Å². The van der Waals surface area contributed by atoms with E-state index in [0.29, 0.717) is 18.5 Å². The Morgan fingerprint density at radius 3 is 2.88 bits per heavy atom. The lowest BCUT2D eigenvalue weighted by molar-refractivity contribution is -0.150. The maximum absolute atomic E-state index is 12.3. The number of pyridine rings is 1. The number of nitrogens with zero attached hydrogens (tertiary/aromatic N) is 2. The standard InChI is InChI=1S/C18H23N3O4/c1-25-18(24)15-7-4-8-21(15)16(22)11-20-17(23)13-9-12-5-2-3-6-14(12)19-10-13/h9-10,15H,2-8,11H2,1H3,(H,20,23)/t15-/m0/s1. The summed E-state index contributed by atoms with van der Waals surface area (Å²) in [5.41, 5.74) is 2.66. The van der Waals surface area contributed by atoms with Crippen LogP contribution in [0.25, 0.3) is 0 Å². The predicted molar refractivity (Wildman–Crippen MR) is 90.0 cm³/mol. The van der Waals surface area contributed by atoms with Crippen LogP contribution in [0, 0.1) is 0 Å². The number of nitrogens with one attached hydrogen (secondary N) is 1. The fraction of sp³-hybridized carbons (Fsp3) is 0.556. The van der Waals surface area contributed by atoms with E-state index in [2.05, 4.69) is 10.3 Å². The first-order valence-electron chi connectivity index (χ1n) is 8.73. The molecular formula is C18H23N3O4. The van der Waals surface area contributed by atoms with Crippen molar-refractivity contribution in [2.75, 3.05) is 20.2 Å². The molecule has 1 aromatic rings. The van der Waals surface area contributed by atoms with Crippen molar-refractivity contribution in [2.24, 2.45) is 0 Å². The molecule has 1 atom stereocenters. The van der Waals surface area contributed by atoms with E-state index in [-0.39, 0.29) is 18.4 Å². The number of likely N-dealkylation sites (tertiary alicyclic amines) is 1. The Labute approximate surface area is 146 Å². The van der Waals surface area contributed by atoms with Gasteiger partial charge in [-0.3, -0.25) is 14.6 Å². The van der Waals surface area contributed by atoms with Crippen LogP contribution in [0.5, 0.6) is 0 Å². The molecule has 1 aromatic heterocycles. The van der Waals surface area contributed by atoms with Crippen LogP contribution in [0.2, 0.25) is 0 Å². The average molecular weight is 345 g/mol. The number of esters is 1. The van der Waals surface area contributed by atoms with Crippen LogP contribution in [0.4, 0.5) is 0 Å². The summed E-state index contributed by atoms with van der Waals surface area (Å²) in [7, 11) is 1.31. The lowest BCUT2D eigenvalue weighted by atomic mass is 9.95. The lowest BCUT2D eigenvalue weighted by Gasteiger charge is -2.22. The van der Waals surface area contributed by atoms with Gasteiger partial charge in [0.15, 0.2) is 0 Å². The van der Waals surface area contributed by atoms with Crippen molar-refractivity contribution >= 4 is 17.8 Å². The molecule has 134 valence electrons. The first kappa shape index (κ1) is 17.4. The van der Waals surface area contributed by atoms with Gasteiger partial charge < -0.3 is 15.0 Å². The zero-order valence-electron chi connectivity index (χ0n) is 14.4. The second kappa shape index (κ2) is 7.63. The molecule has 0 spiro atoms. The number of aromatic nitrogens is 1. The molecule has 0 unspecified atom stereocenters. The summed E-state index contributed by atoms with van der Waals surface area (Å²) in [4.78, 5) is 42.2. The van der Waals surface area contributed by atoms with E-state index in [1.54, 1.807) is 6.20 Å². The molecule has 0 aromatic carbocycles. The van der Waals surface area contributed by atoms with Crippen molar-refractivity contribution in [2.45, 2.75) is 44.6 Å². The van der Waals surface area contributed by atoms with E-state index in [4.69, 9.17) is 4.74 Å². The zero-order valence-corrected chi connectivity index (χ0v) is 14.4. The predicted octanol–water partition coefficient (Wildman–Crippen LogP) is 0.854. The van der Waals surface area contributed by atoms with E-state index in [0.717, 1.165) is 43.4 Å². The van der Waals surface area contributed by atoms with Crippen molar-refractivity contribution in [3.63, 3.8) is 0 Å². The quantitative estimate of drug-likeness (QED) is 0.818. The monoisotopic (exact) mass is 345 g/mol. The van der Waals surface area contributed by atoms with Gasteiger partial charge in [0.05, 0.1) is 19.2 Å². The Bertz CT molecular complexity index is 689. The largest absolute Gasteiger partial charge is 0.467 e. The number of amides is 2. The minimum Gasteiger partial charge on any atom is -0.467 e. The van der Waals surface area contributed by atoms with Crippen LogP contribution >= 0.6 is 0 Å². The minimum atomic E-state index is -0.542. The summed E-state index contributed by atoms with van der Waals surface area (Å²) in [6, 6.07) is 1.33. The van der Waals surface area contributed by atoms with Gasteiger partial charge in [-0.15, -0.1) is 0 Å². The number of ether oxygens (including phenoxy) is 1. The number of hydrogen-bond donors (Lipinski definition) is 1. The van der Waals surface area contributed by atoms with Gasteiger partial charge in [-0.2, -0.15) is 0 Å². The molecule has 1 saturated heterocycles. The van der Waals surface area contributed by atoms with Crippen molar-refractivity contribution in [1.82, 2.24) is 15.2 Å². The molecular weight excluding hydrogens is 322 g/mol. The molecule has 7 nitrogen and oxygen atoms in total. The minimum absolute atomic E-state index is 0.136. The molecule has 3 rings (SSSR count). The number of aryl methyl sites for hydroxylation is 2. The van der Waals surface area contributed by atoms with Gasteiger partial charge in [-0.1, -0.05) is 0 Å². The average Bonchev–Trinajstić information content (AvgIpc) is 3.14. The summed E-state index contributed by atoms with van der Waals surface area (Å²) >= 11 is 0. The van der Waals surface area contributed by atoms with Crippen molar-refractivity contribution in [3.05, 3.63) is 29.1 Å². The second-order valence-electron chi connectivity index (χ2n) is 6.49. The summed E-state index contributed by atoms with van der Waals surface area (Å²) in [6.07, 6.45) is 7.07. The smallest absolute Gasteiger partial charge is 0.328 e. The second-order valence-corrected chi connectivity index (χ2v) is 6.49. The van der Waals surface area contributed by atoms with Crippen molar-refractivity contribution in [1.29, 1.82) is 0 Å². The summed E-state index contributed by atoms with van der Waals surface area (Å²) < 4.78 is 4.73. The number of carbonyl (C=O) groups is 3. The summed E-state index contributed by atoms with van der Waals surface area (Å²) in [5, 5.41) is 2.64. The van der Waals surface area contributed by atoms with Crippen molar-refractivity contribution < 1.29 is 19.1 Å². The van der Waals surface area contributed by atoms with Crippen LogP contribution in [0.15, 0.2) is 12.3 Å². The Morgan fingerprint density at radius 2 is 2.08 bits per heavy atom. The molecule has 0 radical (unpaired) electrons. The maximum Gasteiger partial charge on any atom is 0.328 e. The van der Waals surface area contributed by atoms with Gasteiger partial charge in [0.1, 0.15) is 6.04 Å². The van der Waals surface area contributed by atoms with Crippen LogP contribution in [0.1, 0.15) is 47.3 Å². The SMILES string of the molecule is COC(=O)[C@@H]1CCCN1C(=O)CNC(=O)c1cnc2c(c1)CCCC2.